The molecule has 94 valence electrons. The molecule has 1 heterocycles. The Bertz CT molecular complexity index is 525. The molecule has 0 fully saturated rings. The van der Waals surface area contributed by atoms with Gasteiger partial charge in [0.1, 0.15) is 0 Å². The summed E-state index contributed by atoms with van der Waals surface area (Å²) < 4.78 is 0. The monoisotopic (exact) mass is 246 g/mol. The quantitative estimate of drug-likeness (QED) is 0.640. The van der Waals surface area contributed by atoms with Crippen LogP contribution in [0.3, 0.4) is 0 Å². The molecule has 1 unspecified atom stereocenters. The van der Waals surface area contributed by atoms with Crippen LogP contribution in [0.2, 0.25) is 0 Å². The van der Waals surface area contributed by atoms with Crippen LogP contribution in [0, 0.1) is 10.1 Å². The largest absolute Gasteiger partial charge is 0.352 e. The Morgan fingerprint density at radius 2 is 2.22 bits per heavy atom. The third kappa shape index (κ3) is 2.40. The predicted molar refractivity (Wildman–Crippen MR) is 67.2 cm³/mol. The van der Waals surface area contributed by atoms with Gasteiger partial charge in [-0.15, -0.1) is 0 Å². The lowest BCUT2D eigenvalue weighted by Crippen LogP contribution is -2.36. The number of nitro groups is 1. The fraction of sp³-hybridized carbons (Fsp3) is 0.308. The predicted octanol–water partition coefficient (Wildman–Crippen LogP) is 1.93. The smallest absolute Gasteiger partial charge is 0.269 e. The molecule has 0 saturated carbocycles. The number of allylic oxidation sites excluding steroid dienone is 1. The molecule has 0 aliphatic carbocycles. The van der Waals surface area contributed by atoms with Crippen molar-refractivity contribution < 1.29 is 9.72 Å². The van der Waals surface area contributed by atoms with Crippen LogP contribution in [0.4, 0.5) is 5.69 Å². The number of benzene rings is 1. The Morgan fingerprint density at radius 3 is 2.94 bits per heavy atom. The van der Waals surface area contributed by atoms with E-state index in [1.54, 1.807) is 18.2 Å². The Labute approximate surface area is 105 Å². The topological polar surface area (TPSA) is 72.2 Å². The van der Waals surface area contributed by atoms with Gasteiger partial charge in [-0.25, -0.2) is 0 Å². The van der Waals surface area contributed by atoms with Crippen molar-refractivity contribution >= 4 is 11.6 Å². The first-order valence-corrected chi connectivity index (χ1v) is 5.71. The third-order valence-electron chi connectivity index (χ3n) is 3.24. The molecule has 1 amide bonds. The number of nitrogens with one attached hydrogen (secondary N) is 1. The second-order valence-corrected chi connectivity index (χ2v) is 4.69. The van der Waals surface area contributed by atoms with Crippen LogP contribution in [0.1, 0.15) is 18.9 Å². The Kier molecular flexibility index (Phi) is 3.14. The molecule has 0 radical (unpaired) electrons. The molecule has 1 aliphatic rings. The summed E-state index contributed by atoms with van der Waals surface area (Å²) in [7, 11) is 0. The minimum Gasteiger partial charge on any atom is -0.352 e. The Morgan fingerprint density at radius 1 is 1.44 bits per heavy atom. The molecule has 5 nitrogen and oxygen atoms in total. The molecule has 18 heavy (non-hydrogen) atoms. The Hall–Kier alpha value is -2.17. The summed E-state index contributed by atoms with van der Waals surface area (Å²) in [6.07, 6.45) is 3.98. The molecular weight excluding hydrogens is 232 g/mol. The summed E-state index contributed by atoms with van der Waals surface area (Å²) in [5.41, 5.74) is 0.631. The number of nitrogens with zero attached hydrogens (tertiary/aromatic N) is 1. The summed E-state index contributed by atoms with van der Waals surface area (Å²) in [5, 5.41) is 13.6. The van der Waals surface area contributed by atoms with Gasteiger partial charge in [-0.1, -0.05) is 25.1 Å². The van der Waals surface area contributed by atoms with Gasteiger partial charge in [-0.2, -0.15) is 0 Å². The lowest BCUT2D eigenvalue weighted by atomic mass is 9.79. The van der Waals surface area contributed by atoms with Crippen molar-refractivity contribution in [2.75, 3.05) is 6.54 Å². The van der Waals surface area contributed by atoms with Crippen LogP contribution in [0.5, 0.6) is 0 Å². The van der Waals surface area contributed by atoms with E-state index in [0.717, 1.165) is 5.56 Å². The maximum Gasteiger partial charge on any atom is 0.269 e. The van der Waals surface area contributed by atoms with Crippen molar-refractivity contribution in [2.24, 2.45) is 0 Å². The van der Waals surface area contributed by atoms with Crippen molar-refractivity contribution in [1.82, 2.24) is 5.32 Å². The highest BCUT2D eigenvalue weighted by atomic mass is 16.6. The molecule has 1 aliphatic heterocycles. The van der Waals surface area contributed by atoms with E-state index in [1.165, 1.54) is 12.1 Å². The number of non-ortho nitro benzene ring substituents is 1. The van der Waals surface area contributed by atoms with Gasteiger partial charge in [-0.05, 0) is 18.1 Å². The summed E-state index contributed by atoms with van der Waals surface area (Å²) in [5.74, 6) is -0.121. The maximum atomic E-state index is 11.3. The van der Waals surface area contributed by atoms with E-state index in [-0.39, 0.29) is 17.0 Å². The zero-order chi connectivity index (χ0) is 13.2. The molecule has 1 aromatic rings. The van der Waals surface area contributed by atoms with Crippen LogP contribution in [0.25, 0.3) is 0 Å². The van der Waals surface area contributed by atoms with Crippen LogP contribution in [-0.2, 0) is 10.2 Å². The van der Waals surface area contributed by atoms with Crippen molar-refractivity contribution in [3.63, 3.8) is 0 Å². The molecule has 2 rings (SSSR count). The second-order valence-electron chi connectivity index (χ2n) is 4.69. The number of hydrogen-bond donors (Lipinski definition) is 1. The average Bonchev–Trinajstić information content (AvgIpc) is 2.53. The van der Waals surface area contributed by atoms with E-state index >= 15 is 0 Å². The number of carbonyl (C=O) groups is 1. The third-order valence-corrected chi connectivity index (χ3v) is 3.24. The molecule has 0 spiro atoms. The number of rotatable bonds is 2. The fourth-order valence-corrected chi connectivity index (χ4v) is 2.05. The van der Waals surface area contributed by atoms with Crippen molar-refractivity contribution in [2.45, 2.75) is 18.8 Å². The van der Waals surface area contributed by atoms with Crippen molar-refractivity contribution in [3.05, 3.63) is 52.1 Å². The van der Waals surface area contributed by atoms with E-state index in [4.69, 9.17) is 0 Å². The molecule has 5 heteroatoms. The van der Waals surface area contributed by atoms with Gasteiger partial charge in [0.25, 0.3) is 5.69 Å². The minimum atomic E-state index is -0.405. The van der Waals surface area contributed by atoms with Gasteiger partial charge >= 0.3 is 0 Å². The highest BCUT2D eigenvalue weighted by Gasteiger charge is 2.28. The van der Waals surface area contributed by atoms with Gasteiger partial charge < -0.3 is 5.32 Å². The van der Waals surface area contributed by atoms with E-state index < -0.39 is 4.92 Å². The van der Waals surface area contributed by atoms with Gasteiger partial charge in [0.05, 0.1) is 4.92 Å². The molecule has 0 bridgehead atoms. The van der Waals surface area contributed by atoms with E-state index in [2.05, 4.69) is 5.32 Å². The van der Waals surface area contributed by atoms with Crippen molar-refractivity contribution in [3.8, 4) is 0 Å². The lowest BCUT2D eigenvalue weighted by Gasteiger charge is -2.27. The molecule has 1 aromatic carbocycles. The van der Waals surface area contributed by atoms with Crippen LogP contribution < -0.4 is 5.32 Å². The number of amides is 1. The average molecular weight is 246 g/mol. The molecule has 1 N–H and O–H groups in total. The normalized spacial score (nSPS) is 23.3. The Balaban J connectivity index is 2.35. The summed E-state index contributed by atoms with van der Waals surface area (Å²) in [6.45, 7) is 2.46. The minimum absolute atomic E-state index is 0.0771. The van der Waals surface area contributed by atoms with Crippen molar-refractivity contribution in [1.29, 1.82) is 0 Å². The highest BCUT2D eigenvalue weighted by Crippen LogP contribution is 2.30. The zero-order valence-electron chi connectivity index (χ0n) is 10.1. The lowest BCUT2D eigenvalue weighted by molar-refractivity contribution is -0.385. The number of carbonyl (C=O) groups excluding carboxylic acids is 1. The molecular formula is C13H14N2O3. The van der Waals surface area contributed by atoms with E-state index in [1.807, 2.05) is 13.0 Å². The maximum absolute atomic E-state index is 11.3. The summed E-state index contributed by atoms with van der Waals surface area (Å²) >= 11 is 0. The first-order chi connectivity index (χ1) is 8.51. The standard InChI is InChI=1S/C13H14N2O3/c1-13(7-3-6-12(16)14-9-13)10-4-2-5-11(8-10)15(17)18/h2-6,8H,7,9H2,1H3,(H,14,16). The van der Waals surface area contributed by atoms with E-state index in [9.17, 15) is 14.9 Å². The van der Waals surface area contributed by atoms with Gasteiger partial charge in [-0.3, -0.25) is 14.9 Å². The summed E-state index contributed by atoms with van der Waals surface area (Å²) in [6, 6.07) is 6.58. The van der Waals surface area contributed by atoms with Gasteiger partial charge in [0, 0.05) is 24.1 Å². The SMILES string of the molecule is CC1(c2cccc([N+](=O)[O-])c2)CC=CC(=O)NC1. The number of nitro benzene ring substituents is 1. The number of hydrogen-bond acceptors (Lipinski definition) is 3. The fourth-order valence-electron chi connectivity index (χ4n) is 2.05. The van der Waals surface area contributed by atoms with E-state index in [0.29, 0.717) is 13.0 Å². The molecule has 0 saturated heterocycles. The second kappa shape index (κ2) is 4.60. The first-order valence-electron chi connectivity index (χ1n) is 5.71. The zero-order valence-corrected chi connectivity index (χ0v) is 10.1. The highest BCUT2D eigenvalue weighted by molar-refractivity contribution is 5.87. The van der Waals surface area contributed by atoms with Crippen LogP contribution >= 0.6 is 0 Å². The van der Waals surface area contributed by atoms with Gasteiger partial charge in [0.2, 0.25) is 5.91 Å². The van der Waals surface area contributed by atoms with Crippen LogP contribution in [0.15, 0.2) is 36.4 Å². The van der Waals surface area contributed by atoms with Gasteiger partial charge in [0.15, 0.2) is 0 Å². The molecule has 0 aromatic heterocycles. The summed E-state index contributed by atoms with van der Waals surface area (Å²) in [4.78, 5) is 21.6. The first kappa shape index (κ1) is 12.3. The molecule has 1 atom stereocenters. The van der Waals surface area contributed by atoms with Crippen LogP contribution in [-0.4, -0.2) is 17.4 Å².